The molecule has 15 heavy (non-hydrogen) atoms. The summed E-state index contributed by atoms with van der Waals surface area (Å²) in [5.41, 5.74) is 9.17. The second kappa shape index (κ2) is 4.35. The molecule has 0 radical (unpaired) electrons. The number of nitrogens with one attached hydrogen (secondary N) is 3. The number of carbonyl (C=O) groups is 1. The van der Waals surface area contributed by atoms with Gasteiger partial charge in [-0.3, -0.25) is 9.78 Å². The van der Waals surface area contributed by atoms with Crippen molar-refractivity contribution in [3.05, 3.63) is 30.1 Å². The standard InChI is InChI=1S/C9H12N4O2/c1-15-9(14)8-7(11-13-12-8)6-4-2-3-5-10-6/h2-5,7-8,11-13H,1H3. The minimum atomic E-state index is -0.468. The first kappa shape index (κ1) is 10.0. The first-order valence-electron chi connectivity index (χ1n) is 4.58. The second-order valence-electron chi connectivity index (χ2n) is 3.15. The minimum absolute atomic E-state index is 0.223. The molecule has 0 bridgehead atoms. The Bertz CT molecular complexity index is 343. The fraction of sp³-hybridized carbons (Fsp3) is 0.333. The van der Waals surface area contributed by atoms with Crippen molar-refractivity contribution in [1.82, 2.24) is 21.4 Å². The summed E-state index contributed by atoms with van der Waals surface area (Å²) >= 11 is 0. The van der Waals surface area contributed by atoms with Gasteiger partial charge in [-0.15, -0.1) is 0 Å². The highest BCUT2D eigenvalue weighted by Crippen LogP contribution is 2.16. The molecule has 2 unspecified atom stereocenters. The maximum absolute atomic E-state index is 11.4. The zero-order chi connectivity index (χ0) is 10.7. The molecule has 1 aromatic rings. The lowest BCUT2D eigenvalue weighted by atomic mass is 10.1. The molecule has 0 aliphatic carbocycles. The van der Waals surface area contributed by atoms with E-state index in [2.05, 4.69) is 26.1 Å². The minimum Gasteiger partial charge on any atom is -0.468 e. The van der Waals surface area contributed by atoms with Crippen molar-refractivity contribution >= 4 is 5.97 Å². The molecule has 0 saturated carbocycles. The third-order valence-corrected chi connectivity index (χ3v) is 2.25. The van der Waals surface area contributed by atoms with Gasteiger partial charge >= 0.3 is 5.97 Å². The number of esters is 1. The summed E-state index contributed by atoms with van der Waals surface area (Å²) in [6.45, 7) is 0. The topological polar surface area (TPSA) is 75.3 Å². The molecule has 1 aliphatic rings. The molecule has 2 rings (SSSR count). The van der Waals surface area contributed by atoms with Crippen molar-refractivity contribution in [2.75, 3.05) is 7.11 Å². The monoisotopic (exact) mass is 208 g/mol. The first-order chi connectivity index (χ1) is 7.33. The number of ether oxygens (including phenoxy) is 1. The van der Waals surface area contributed by atoms with E-state index in [1.54, 1.807) is 6.20 Å². The van der Waals surface area contributed by atoms with Crippen molar-refractivity contribution in [3.8, 4) is 0 Å². The van der Waals surface area contributed by atoms with Crippen LogP contribution >= 0.6 is 0 Å². The van der Waals surface area contributed by atoms with E-state index in [-0.39, 0.29) is 12.0 Å². The fourth-order valence-electron chi connectivity index (χ4n) is 1.49. The molecule has 6 heteroatoms. The first-order valence-corrected chi connectivity index (χ1v) is 4.58. The lowest BCUT2D eigenvalue weighted by Gasteiger charge is -2.14. The zero-order valence-electron chi connectivity index (χ0n) is 8.23. The lowest BCUT2D eigenvalue weighted by Crippen LogP contribution is -2.39. The van der Waals surface area contributed by atoms with Crippen molar-refractivity contribution in [2.45, 2.75) is 12.1 Å². The Hall–Kier alpha value is -1.50. The van der Waals surface area contributed by atoms with E-state index in [4.69, 9.17) is 0 Å². The maximum Gasteiger partial charge on any atom is 0.326 e. The van der Waals surface area contributed by atoms with Crippen molar-refractivity contribution in [2.24, 2.45) is 0 Å². The molecule has 2 heterocycles. The Kier molecular flexibility index (Phi) is 2.91. The Balaban J connectivity index is 2.18. The number of pyridine rings is 1. The van der Waals surface area contributed by atoms with Crippen LogP contribution in [0.25, 0.3) is 0 Å². The van der Waals surface area contributed by atoms with Gasteiger partial charge in [-0.05, 0) is 12.1 Å². The molecule has 3 N–H and O–H groups in total. The quantitative estimate of drug-likeness (QED) is 0.557. The van der Waals surface area contributed by atoms with Crippen LogP contribution in [0.15, 0.2) is 24.4 Å². The summed E-state index contributed by atoms with van der Waals surface area (Å²) in [5.74, 6) is -0.330. The number of hydrazine groups is 2. The highest BCUT2D eigenvalue weighted by molar-refractivity contribution is 5.77. The van der Waals surface area contributed by atoms with E-state index < -0.39 is 6.04 Å². The number of hydrogen-bond donors (Lipinski definition) is 3. The molecule has 0 amide bonds. The van der Waals surface area contributed by atoms with Crippen molar-refractivity contribution < 1.29 is 9.53 Å². The number of nitrogens with zero attached hydrogens (tertiary/aromatic N) is 1. The van der Waals surface area contributed by atoms with Gasteiger partial charge in [0, 0.05) is 6.20 Å². The number of hydrogen-bond acceptors (Lipinski definition) is 6. The van der Waals surface area contributed by atoms with Gasteiger partial charge in [-0.1, -0.05) is 6.07 Å². The van der Waals surface area contributed by atoms with Gasteiger partial charge in [-0.2, -0.15) is 5.53 Å². The van der Waals surface area contributed by atoms with Gasteiger partial charge in [0.15, 0.2) is 0 Å². The van der Waals surface area contributed by atoms with Crippen LogP contribution in [0.4, 0.5) is 0 Å². The number of aromatic nitrogens is 1. The van der Waals surface area contributed by atoms with Crippen molar-refractivity contribution in [1.29, 1.82) is 0 Å². The number of methoxy groups -OCH3 is 1. The SMILES string of the molecule is COC(=O)C1NNNC1c1ccccn1. The van der Waals surface area contributed by atoms with Gasteiger partial charge in [0.05, 0.1) is 18.8 Å². The van der Waals surface area contributed by atoms with Crippen LogP contribution < -0.4 is 16.4 Å². The molecular formula is C9H12N4O2. The van der Waals surface area contributed by atoms with Crippen LogP contribution in [-0.4, -0.2) is 24.1 Å². The Labute approximate surface area is 87.0 Å². The molecule has 2 atom stereocenters. The molecule has 80 valence electrons. The zero-order valence-corrected chi connectivity index (χ0v) is 8.23. The van der Waals surface area contributed by atoms with Crippen LogP contribution in [0.1, 0.15) is 11.7 Å². The fourth-order valence-corrected chi connectivity index (χ4v) is 1.49. The Morgan fingerprint density at radius 1 is 1.47 bits per heavy atom. The third kappa shape index (κ3) is 1.96. The number of rotatable bonds is 2. The summed E-state index contributed by atoms with van der Waals surface area (Å²) in [7, 11) is 1.36. The largest absolute Gasteiger partial charge is 0.468 e. The van der Waals surface area contributed by atoms with Crippen LogP contribution in [0.2, 0.25) is 0 Å². The predicted octanol–water partition coefficient (Wildman–Crippen LogP) is -0.723. The predicted molar refractivity (Wildman–Crippen MR) is 52.2 cm³/mol. The second-order valence-corrected chi connectivity index (χ2v) is 3.15. The molecule has 0 spiro atoms. The van der Waals surface area contributed by atoms with Crippen LogP contribution in [0.5, 0.6) is 0 Å². The van der Waals surface area contributed by atoms with Gasteiger partial charge in [-0.25, -0.2) is 10.9 Å². The van der Waals surface area contributed by atoms with Gasteiger partial charge < -0.3 is 4.74 Å². The Morgan fingerprint density at radius 3 is 3.00 bits per heavy atom. The third-order valence-electron chi connectivity index (χ3n) is 2.25. The smallest absolute Gasteiger partial charge is 0.326 e. The summed E-state index contributed by atoms with van der Waals surface area (Å²) in [6, 6.07) is 4.86. The van der Waals surface area contributed by atoms with E-state index in [9.17, 15) is 4.79 Å². The molecule has 1 aromatic heterocycles. The number of carbonyl (C=O) groups excluding carboxylic acids is 1. The Morgan fingerprint density at radius 2 is 2.33 bits per heavy atom. The highest BCUT2D eigenvalue weighted by Gasteiger charge is 2.35. The van der Waals surface area contributed by atoms with Gasteiger partial charge in [0.25, 0.3) is 0 Å². The van der Waals surface area contributed by atoms with Gasteiger partial charge in [0.2, 0.25) is 0 Å². The molecule has 1 fully saturated rings. The normalized spacial score (nSPS) is 25.1. The molecule has 0 aromatic carbocycles. The van der Waals surface area contributed by atoms with E-state index in [0.29, 0.717) is 0 Å². The van der Waals surface area contributed by atoms with Crippen LogP contribution in [0.3, 0.4) is 0 Å². The molecule has 1 aliphatic heterocycles. The van der Waals surface area contributed by atoms with Crippen LogP contribution in [0, 0.1) is 0 Å². The average Bonchev–Trinajstić information content (AvgIpc) is 2.78. The molecule has 1 saturated heterocycles. The van der Waals surface area contributed by atoms with E-state index in [0.717, 1.165) is 5.69 Å². The van der Waals surface area contributed by atoms with Crippen LogP contribution in [-0.2, 0) is 9.53 Å². The summed E-state index contributed by atoms with van der Waals surface area (Å²) in [6.07, 6.45) is 1.68. The molecular weight excluding hydrogens is 196 g/mol. The highest BCUT2D eigenvalue weighted by atomic mass is 16.5. The summed E-state index contributed by atoms with van der Waals surface area (Å²) in [5, 5.41) is 0. The van der Waals surface area contributed by atoms with E-state index >= 15 is 0 Å². The average molecular weight is 208 g/mol. The summed E-state index contributed by atoms with van der Waals surface area (Å²) in [4.78, 5) is 15.6. The van der Waals surface area contributed by atoms with E-state index in [1.807, 2.05) is 18.2 Å². The van der Waals surface area contributed by atoms with Gasteiger partial charge in [0.1, 0.15) is 6.04 Å². The maximum atomic E-state index is 11.4. The lowest BCUT2D eigenvalue weighted by molar-refractivity contribution is -0.143. The summed E-state index contributed by atoms with van der Waals surface area (Å²) < 4.78 is 4.68. The van der Waals surface area contributed by atoms with E-state index in [1.165, 1.54) is 7.11 Å². The van der Waals surface area contributed by atoms with Crippen molar-refractivity contribution in [3.63, 3.8) is 0 Å². The molecule has 6 nitrogen and oxygen atoms in total.